The average molecular weight is 282 g/mol. The van der Waals surface area contributed by atoms with Crippen LogP contribution in [0.1, 0.15) is 46.0 Å². The maximum atomic E-state index is 6.17. The van der Waals surface area contributed by atoms with Crippen molar-refractivity contribution < 1.29 is 0 Å². The van der Waals surface area contributed by atoms with Gasteiger partial charge in [0, 0.05) is 38.3 Å². The van der Waals surface area contributed by atoms with Crippen molar-refractivity contribution in [2.75, 3.05) is 39.8 Å². The van der Waals surface area contributed by atoms with Crippen molar-refractivity contribution in [3.8, 4) is 0 Å². The lowest BCUT2D eigenvalue weighted by molar-refractivity contribution is 0.0478. The summed E-state index contributed by atoms with van der Waals surface area (Å²) in [7, 11) is 2.20. The molecule has 1 saturated carbocycles. The first-order valence-corrected chi connectivity index (χ1v) is 8.46. The Kier molecular flexibility index (Phi) is 5.84. The molecule has 1 saturated heterocycles. The Labute approximate surface area is 125 Å². The number of hydrazine groups is 1. The molecule has 0 radical (unpaired) electrons. The second-order valence-corrected chi connectivity index (χ2v) is 7.32. The van der Waals surface area contributed by atoms with Crippen molar-refractivity contribution in [2.24, 2.45) is 17.6 Å². The van der Waals surface area contributed by atoms with E-state index in [9.17, 15) is 0 Å². The molecule has 4 heteroatoms. The summed E-state index contributed by atoms with van der Waals surface area (Å²) in [6.45, 7) is 10.1. The van der Waals surface area contributed by atoms with Crippen LogP contribution in [0, 0.1) is 11.8 Å². The van der Waals surface area contributed by atoms with Crippen molar-refractivity contribution in [1.82, 2.24) is 15.3 Å². The van der Waals surface area contributed by atoms with Crippen LogP contribution in [0.15, 0.2) is 0 Å². The van der Waals surface area contributed by atoms with Crippen LogP contribution in [0.25, 0.3) is 0 Å². The Morgan fingerprint density at radius 1 is 1.15 bits per heavy atom. The molecule has 0 bridgehead atoms. The number of hydrogen-bond donors (Lipinski definition) is 2. The van der Waals surface area contributed by atoms with Crippen LogP contribution >= 0.6 is 0 Å². The summed E-state index contributed by atoms with van der Waals surface area (Å²) in [6, 6.07) is 0. The summed E-state index contributed by atoms with van der Waals surface area (Å²) < 4.78 is 0. The maximum absolute atomic E-state index is 6.17. The Morgan fingerprint density at radius 2 is 1.85 bits per heavy atom. The number of nitrogens with zero attached hydrogens (tertiary/aromatic N) is 2. The van der Waals surface area contributed by atoms with Crippen molar-refractivity contribution in [3.63, 3.8) is 0 Å². The van der Waals surface area contributed by atoms with E-state index in [0.717, 1.165) is 44.6 Å². The van der Waals surface area contributed by atoms with Crippen LogP contribution in [-0.4, -0.2) is 55.2 Å². The van der Waals surface area contributed by atoms with Gasteiger partial charge >= 0.3 is 0 Å². The summed E-state index contributed by atoms with van der Waals surface area (Å²) in [4.78, 5) is 2.40. The van der Waals surface area contributed by atoms with Crippen LogP contribution in [0.3, 0.4) is 0 Å². The van der Waals surface area contributed by atoms with E-state index in [0.29, 0.717) is 0 Å². The van der Waals surface area contributed by atoms with Crippen molar-refractivity contribution in [1.29, 1.82) is 0 Å². The zero-order chi connectivity index (χ0) is 14.6. The minimum absolute atomic E-state index is 0.152. The topological polar surface area (TPSA) is 44.5 Å². The lowest BCUT2D eigenvalue weighted by Gasteiger charge is -2.42. The molecule has 0 aromatic rings. The summed E-state index contributed by atoms with van der Waals surface area (Å²) in [5.41, 5.74) is 10.1. The molecule has 20 heavy (non-hydrogen) atoms. The number of hydrogen-bond acceptors (Lipinski definition) is 4. The van der Waals surface area contributed by atoms with Crippen molar-refractivity contribution in [2.45, 2.75) is 51.5 Å². The molecule has 1 aliphatic carbocycles. The molecule has 2 aliphatic rings. The fourth-order valence-electron chi connectivity index (χ4n) is 3.72. The first-order valence-electron chi connectivity index (χ1n) is 8.46. The van der Waals surface area contributed by atoms with E-state index in [-0.39, 0.29) is 5.54 Å². The summed E-state index contributed by atoms with van der Waals surface area (Å²) in [5.74, 6) is 1.70. The molecule has 2 rings (SSSR count). The standard InChI is InChI=1S/C16H34N4/c1-14(2)15-5-4-7-16(13-17,8-6-15)18-20-11-9-19(3)10-12-20/h14-15,18H,4-13,17H2,1-3H3. The predicted molar refractivity (Wildman–Crippen MR) is 85.4 cm³/mol. The molecule has 3 N–H and O–H groups in total. The normalized spacial score (nSPS) is 34.4. The fraction of sp³-hybridized carbons (Fsp3) is 1.00. The Hall–Kier alpha value is -0.160. The molecular weight excluding hydrogens is 248 g/mol. The number of piperazine rings is 1. The zero-order valence-electron chi connectivity index (χ0n) is 13.7. The second-order valence-electron chi connectivity index (χ2n) is 7.32. The van der Waals surface area contributed by atoms with E-state index < -0.39 is 0 Å². The molecular formula is C16H34N4. The largest absolute Gasteiger partial charge is 0.329 e. The minimum atomic E-state index is 0.152. The quantitative estimate of drug-likeness (QED) is 0.770. The molecule has 4 nitrogen and oxygen atoms in total. The van der Waals surface area contributed by atoms with Gasteiger partial charge in [0.2, 0.25) is 0 Å². The third-order valence-electron chi connectivity index (χ3n) is 5.46. The van der Waals surface area contributed by atoms with E-state index in [4.69, 9.17) is 5.73 Å². The minimum Gasteiger partial charge on any atom is -0.329 e. The number of rotatable bonds is 4. The third kappa shape index (κ3) is 4.17. The molecule has 2 fully saturated rings. The third-order valence-corrected chi connectivity index (χ3v) is 5.46. The van der Waals surface area contributed by atoms with Gasteiger partial charge in [0.1, 0.15) is 0 Å². The lowest BCUT2D eigenvalue weighted by atomic mass is 9.87. The molecule has 1 heterocycles. The van der Waals surface area contributed by atoms with E-state index >= 15 is 0 Å². The van der Waals surface area contributed by atoms with Crippen LogP contribution in [-0.2, 0) is 0 Å². The molecule has 118 valence electrons. The van der Waals surface area contributed by atoms with Gasteiger partial charge in [-0.1, -0.05) is 26.7 Å². The fourth-order valence-corrected chi connectivity index (χ4v) is 3.72. The van der Waals surface area contributed by atoms with E-state index in [1.54, 1.807) is 0 Å². The zero-order valence-corrected chi connectivity index (χ0v) is 13.7. The first kappa shape index (κ1) is 16.2. The summed E-state index contributed by atoms with van der Waals surface area (Å²) in [5, 5.41) is 2.42. The molecule has 0 aromatic heterocycles. The highest BCUT2D eigenvalue weighted by Crippen LogP contribution is 2.33. The highest BCUT2D eigenvalue weighted by atomic mass is 15.5. The van der Waals surface area contributed by atoms with Crippen molar-refractivity contribution >= 4 is 0 Å². The molecule has 2 unspecified atom stereocenters. The molecule has 2 atom stereocenters. The van der Waals surface area contributed by atoms with Gasteiger partial charge in [0.25, 0.3) is 0 Å². The predicted octanol–water partition coefficient (Wildman–Crippen LogP) is 1.67. The highest BCUT2D eigenvalue weighted by Gasteiger charge is 2.34. The number of nitrogens with one attached hydrogen (secondary N) is 1. The lowest BCUT2D eigenvalue weighted by Crippen LogP contribution is -2.61. The molecule has 0 spiro atoms. The van der Waals surface area contributed by atoms with Gasteiger partial charge in [-0.15, -0.1) is 0 Å². The van der Waals surface area contributed by atoms with Gasteiger partial charge in [-0.2, -0.15) is 0 Å². The maximum Gasteiger partial charge on any atom is 0.0448 e. The van der Waals surface area contributed by atoms with Gasteiger partial charge in [-0.05, 0) is 38.1 Å². The highest BCUT2D eigenvalue weighted by molar-refractivity contribution is 4.92. The summed E-state index contributed by atoms with van der Waals surface area (Å²) in [6.07, 6.45) is 6.50. The van der Waals surface area contributed by atoms with Gasteiger partial charge in [0.15, 0.2) is 0 Å². The SMILES string of the molecule is CC(C)C1CCCC(CN)(NN2CCN(C)CC2)CC1. The van der Waals surface area contributed by atoms with Gasteiger partial charge < -0.3 is 10.6 Å². The van der Waals surface area contributed by atoms with Crippen molar-refractivity contribution in [3.05, 3.63) is 0 Å². The monoisotopic (exact) mass is 282 g/mol. The Morgan fingerprint density at radius 3 is 2.45 bits per heavy atom. The molecule has 0 aromatic carbocycles. The van der Waals surface area contributed by atoms with E-state index in [1.807, 2.05) is 0 Å². The van der Waals surface area contributed by atoms with Crippen LogP contribution in [0.5, 0.6) is 0 Å². The van der Waals surface area contributed by atoms with E-state index in [2.05, 4.69) is 36.2 Å². The number of nitrogens with two attached hydrogens (primary N) is 1. The number of likely N-dealkylation sites (N-methyl/N-ethyl adjacent to an activating group) is 1. The average Bonchev–Trinajstić information content (AvgIpc) is 2.65. The smallest absolute Gasteiger partial charge is 0.0448 e. The second kappa shape index (κ2) is 7.21. The van der Waals surface area contributed by atoms with Crippen LogP contribution < -0.4 is 11.2 Å². The van der Waals surface area contributed by atoms with Crippen LogP contribution in [0.4, 0.5) is 0 Å². The van der Waals surface area contributed by atoms with Gasteiger partial charge in [0.05, 0.1) is 0 Å². The molecule has 0 amide bonds. The van der Waals surface area contributed by atoms with Gasteiger partial charge in [-0.25, -0.2) is 10.4 Å². The summed E-state index contributed by atoms with van der Waals surface area (Å²) >= 11 is 0. The Bertz CT molecular complexity index is 286. The van der Waals surface area contributed by atoms with E-state index in [1.165, 1.54) is 32.1 Å². The first-order chi connectivity index (χ1) is 9.54. The Balaban J connectivity index is 1.91. The van der Waals surface area contributed by atoms with Crippen LogP contribution in [0.2, 0.25) is 0 Å². The molecule has 1 aliphatic heterocycles. The van der Waals surface area contributed by atoms with Gasteiger partial charge in [-0.3, -0.25) is 0 Å².